The zero-order chi connectivity index (χ0) is 11.1. The largest absolute Gasteiger partial charge is 0.354 e. The van der Waals surface area contributed by atoms with Gasteiger partial charge in [0.2, 0.25) is 11.1 Å². The number of rotatable bonds is 5. The molecule has 7 nitrogen and oxygen atoms in total. The molecule has 1 rings (SSSR count). The molecule has 0 atom stereocenters. The molecular formula is C7H10N6OS. The summed E-state index contributed by atoms with van der Waals surface area (Å²) in [6, 6.07) is 1.94. The van der Waals surface area contributed by atoms with E-state index in [2.05, 4.69) is 20.8 Å². The Labute approximate surface area is 90.8 Å². The van der Waals surface area contributed by atoms with Gasteiger partial charge in [-0.05, 0) is 10.4 Å². The smallest absolute Gasteiger partial charge is 0.230 e. The minimum absolute atomic E-state index is 0.127. The van der Waals surface area contributed by atoms with E-state index in [0.717, 1.165) is 0 Å². The van der Waals surface area contributed by atoms with Crippen molar-refractivity contribution in [2.45, 2.75) is 11.6 Å². The van der Waals surface area contributed by atoms with Crippen molar-refractivity contribution in [2.24, 2.45) is 7.05 Å². The van der Waals surface area contributed by atoms with Crippen LogP contribution in [0.1, 0.15) is 6.42 Å². The van der Waals surface area contributed by atoms with Crippen molar-refractivity contribution >= 4 is 17.7 Å². The molecule has 8 heteroatoms. The Morgan fingerprint density at radius 2 is 2.53 bits per heavy atom. The van der Waals surface area contributed by atoms with E-state index >= 15 is 0 Å². The molecule has 1 aromatic heterocycles. The Morgan fingerprint density at radius 1 is 1.73 bits per heavy atom. The maximum atomic E-state index is 11.2. The number of nitrogens with zero attached hydrogens (tertiary/aromatic N) is 5. The third kappa shape index (κ3) is 3.95. The first-order valence-corrected chi connectivity index (χ1v) is 5.21. The minimum atomic E-state index is -0.127. The number of hydrogen-bond donors (Lipinski definition) is 1. The van der Waals surface area contributed by atoms with Crippen LogP contribution in [0.3, 0.4) is 0 Å². The lowest BCUT2D eigenvalue weighted by atomic mass is 10.4. The SMILES string of the molecule is Cn1nnnc1SCC(=O)NCCC#N. The molecule has 0 fully saturated rings. The number of carbonyl (C=O) groups excluding carboxylic acids is 1. The maximum absolute atomic E-state index is 11.2. The highest BCUT2D eigenvalue weighted by Gasteiger charge is 2.06. The van der Waals surface area contributed by atoms with Crippen LogP contribution in [0.5, 0.6) is 0 Å². The summed E-state index contributed by atoms with van der Waals surface area (Å²) in [5.41, 5.74) is 0. The molecule has 0 radical (unpaired) electrons. The molecule has 15 heavy (non-hydrogen) atoms. The molecule has 1 N–H and O–H groups in total. The number of aryl methyl sites for hydroxylation is 1. The fourth-order valence-corrected chi connectivity index (χ4v) is 1.46. The molecule has 80 valence electrons. The second-order valence-corrected chi connectivity index (χ2v) is 3.57. The van der Waals surface area contributed by atoms with Crippen LogP contribution >= 0.6 is 11.8 Å². The minimum Gasteiger partial charge on any atom is -0.354 e. The average molecular weight is 226 g/mol. The number of hydrogen-bond acceptors (Lipinski definition) is 6. The van der Waals surface area contributed by atoms with Crippen molar-refractivity contribution in [2.75, 3.05) is 12.3 Å². The number of nitrogens with one attached hydrogen (secondary N) is 1. The van der Waals surface area contributed by atoms with Gasteiger partial charge in [-0.15, -0.1) is 5.10 Å². The highest BCUT2D eigenvalue weighted by molar-refractivity contribution is 7.99. The Hall–Kier alpha value is -1.62. The Bertz CT molecular complexity index is 370. The number of aromatic nitrogens is 4. The molecule has 1 aromatic rings. The number of thioether (sulfide) groups is 1. The number of amides is 1. The van der Waals surface area contributed by atoms with Crippen LogP contribution in [0.25, 0.3) is 0 Å². The van der Waals surface area contributed by atoms with Gasteiger partial charge in [-0.2, -0.15) is 5.26 Å². The van der Waals surface area contributed by atoms with Gasteiger partial charge in [0.25, 0.3) is 0 Å². The van der Waals surface area contributed by atoms with Gasteiger partial charge in [-0.1, -0.05) is 11.8 Å². The molecule has 0 aromatic carbocycles. The van der Waals surface area contributed by atoms with Crippen LogP contribution < -0.4 is 5.32 Å². The van der Waals surface area contributed by atoms with Crippen LogP contribution in [-0.4, -0.2) is 38.4 Å². The van der Waals surface area contributed by atoms with Crippen LogP contribution in [0, 0.1) is 11.3 Å². The quantitative estimate of drug-likeness (QED) is 0.528. The van der Waals surface area contributed by atoms with Gasteiger partial charge in [-0.3, -0.25) is 4.79 Å². The van der Waals surface area contributed by atoms with E-state index in [1.807, 2.05) is 6.07 Å². The average Bonchev–Trinajstić information content (AvgIpc) is 2.61. The zero-order valence-corrected chi connectivity index (χ0v) is 8.99. The van der Waals surface area contributed by atoms with Crippen molar-refractivity contribution in [3.8, 4) is 6.07 Å². The molecule has 0 spiro atoms. The summed E-state index contributed by atoms with van der Waals surface area (Å²) in [6.45, 7) is 0.382. The van der Waals surface area contributed by atoms with Crippen molar-refractivity contribution in [1.82, 2.24) is 25.5 Å². The molecular weight excluding hydrogens is 216 g/mol. The number of tetrazole rings is 1. The van der Waals surface area contributed by atoms with Gasteiger partial charge >= 0.3 is 0 Å². The van der Waals surface area contributed by atoms with Crippen molar-refractivity contribution < 1.29 is 4.79 Å². The molecule has 0 bridgehead atoms. The summed E-state index contributed by atoms with van der Waals surface area (Å²) >= 11 is 1.25. The highest BCUT2D eigenvalue weighted by atomic mass is 32.2. The lowest BCUT2D eigenvalue weighted by molar-refractivity contribution is -0.118. The lowest BCUT2D eigenvalue weighted by Gasteiger charge is -2.00. The summed E-state index contributed by atoms with van der Waals surface area (Å²) in [5, 5.41) is 22.2. The zero-order valence-electron chi connectivity index (χ0n) is 8.17. The van der Waals surface area contributed by atoms with E-state index in [9.17, 15) is 4.79 Å². The fourth-order valence-electron chi connectivity index (χ4n) is 0.782. The summed E-state index contributed by atoms with van der Waals surface area (Å²) in [4.78, 5) is 11.2. The first kappa shape index (κ1) is 11.5. The van der Waals surface area contributed by atoms with Gasteiger partial charge in [0.05, 0.1) is 18.2 Å². The van der Waals surface area contributed by atoms with Crippen LogP contribution in [0.2, 0.25) is 0 Å². The second-order valence-electron chi connectivity index (χ2n) is 2.63. The first-order valence-electron chi connectivity index (χ1n) is 4.23. The van der Waals surface area contributed by atoms with E-state index < -0.39 is 0 Å². The first-order chi connectivity index (χ1) is 7.24. The normalized spacial score (nSPS) is 9.60. The van der Waals surface area contributed by atoms with E-state index in [0.29, 0.717) is 18.1 Å². The van der Waals surface area contributed by atoms with Crippen LogP contribution in [0.4, 0.5) is 0 Å². The Balaban J connectivity index is 2.23. The lowest BCUT2D eigenvalue weighted by Crippen LogP contribution is -2.26. The molecule has 1 heterocycles. The monoisotopic (exact) mass is 226 g/mol. The molecule has 0 saturated carbocycles. The van der Waals surface area contributed by atoms with Gasteiger partial charge in [0.1, 0.15) is 0 Å². The standard InChI is InChI=1S/C7H10N6OS/c1-13-7(10-11-12-13)15-5-6(14)9-4-2-3-8/h2,4-5H2,1H3,(H,9,14). The molecule has 0 aliphatic heterocycles. The van der Waals surface area contributed by atoms with Crippen LogP contribution in [0.15, 0.2) is 5.16 Å². The topological polar surface area (TPSA) is 96.5 Å². The van der Waals surface area contributed by atoms with Gasteiger partial charge in [-0.25, -0.2) is 4.68 Å². The third-order valence-corrected chi connectivity index (χ3v) is 2.48. The summed E-state index contributed by atoms with van der Waals surface area (Å²) in [5.74, 6) is 0.123. The Kier molecular flexibility index (Phi) is 4.56. The predicted molar refractivity (Wildman–Crippen MR) is 52.8 cm³/mol. The molecule has 0 aliphatic carbocycles. The molecule has 0 saturated heterocycles. The summed E-state index contributed by atoms with van der Waals surface area (Å²) in [7, 11) is 1.70. The Morgan fingerprint density at radius 3 is 3.13 bits per heavy atom. The van der Waals surface area contributed by atoms with Gasteiger partial charge in [0, 0.05) is 13.6 Å². The van der Waals surface area contributed by atoms with Crippen molar-refractivity contribution in [3.05, 3.63) is 0 Å². The number of carbonyl (C=O) groups is 1. The van der Waals surface area contributed by atoms with Crippen LogP contribution in [-0.2, 0) is 11.8 Å². The highest BCUT2D eigenvalue weighted by Crippen LogP contribution is 2.10. The maximum Gasteiger partial charge on any atom is 0.230 e. The van der Waals surface area contributed by atoms with Gasteiger partial charge < -0.3 is 5.32 Å². The van der Waals surface area contributed by atoms with Crippen molar-refractivity contribution in [3.63, 3.8) is 0 Å². The predicted octanol–water partition coefficient (Wildman–Crippen LogP) is -0.668. The van der Waals surface area contributed by atoms with E-state index in [-0.39, 0.29) is 11.7 Å². The summed E-state index contributed by atoms with van der Waals surface area (Å²) in [6.07, 6.45) is 0.321. The van der Waals surface area contributed by atoms with Gasteiger partial charge in [0.15, 0.2) is 0 Å². The summed E-state index contributed by atoms with van der Waals surface area (Å²) < 4.78 is 1.49. The fraction of sp³-hybridized carbons (Fsp3) is 0.571. The van der Waals surface area contributed by atoms with E-state index in [4.69, 9.17) is 5.26 Å². The number of nitriles is 1. The molecule has 0 aliphatic rings. The van der Waals surface area contributed by atoms with Crippen molar-refractivity contribution in [1.29, 1.82) is 5.26 Å². The second kappa shape index (κ2) is 5.98. The molecule has 0 unspecified atom stereocenters. The van der Waals surface area contributed by atoms with E-state index in [1.54, 1.807) is 7.05 Å². The third-order valence-electron chi connectivity index (χ3n) is 1.47. The molecule has 1 amide bonds. The van der Waals surface area contributed by atoms with E-state index in [1.165, 1.54) is 16.4 Å².